The molecule has 1 fully saturated rings. The van der Waals surface area contributed by atoms with Gasteiger partial charge in [0, 0.05) is 18.7 Å². The molecular weight excluding hydrogens is 290 g/mol. The third kappa shape index (κ3) is 3.47. The van der Waals surface area contributed by atoms with Crippen LogP contribution in [0.1, 0.15) is 24.1 Å². The molecule has 1 aromatic rings. The first-order valence-corrected chi connectivity index (χ1v) is 8.33. The molecule has 1 amide bonds. The van der Waals surface area contributed by atoms with Crippen LogP contribution in [0, 0.1) is 0 Å². The average Bonchev–Trinajstić information content (AvgIpc) is 2.53. The van der Waals surface area contributed by atoms with Crippen molar-refractivity contribution < 1.29 is 9.53 Å². The van der Waals surface area contributed by atoms with Crippen molar-refractivity contribution >= 4 is 17.7 Å². The van der Waals surface area contributed by atoms with Gasteiger partial charge >= 0.3 is 0 Å². The van der Waals surface area contributed by atoms with Gasteiger partial charge in [0.25, 0.3) is 5.56 Å². The molecule has 0 bridgehead atoms. The van der Waals surface area contributed by atoms with Crippen LogP contribution in [-0.2, 0) is 22.4 Å². The third-order valence-electron chi connectivity index (χ3n) is 3.87. The zero-order valence-corrected chi connectivity index (χ0v) is 12.7. The standard InChI is InChI=1S/C14H19N3O3S/c18-12(17-5-7-20-8-6-17)9-21-14-15-11-4-2-1-3-10(11)13(19)16-14/h1-9H2,(H,15,16,19). The summed E-state index contributed by atoms with van der Waals surface area (Å²) in [6.45, 7) is 2.50. The Hall–Kier alpha value is -1.34. The molecule has 0 spiro atoms. The lowest BCUT2D eigenvalue weighted by atomic mass is 9.97. The molecule has 1 aliphatic carbocycles. The van der Waals surface area contributed by atoms with Crippen molar-refractivity contribution in [3.05, 3.63) is 21.6 Å². The Bertz CT molecular complexity index is 581. The van der Waals surface area contributed by atoms with Crippen LogP contribution in [0.3, 0.4) is 0 Å². The fraction of sp³-hybridized carbons (Fsp3) is 0.643. The summed E-state index contributed by atoms with van der Waals surface area (Å²) < 4.78 is 5.23. The molecule has 7 heteroatoms. The number of carbonyl (C=O) groups excluding carboxylic acids is 1. The number of thioether (sulfide) groups is 1. The largest absolute Gasteiger partial charge is 0.378 e. The van der Waals surface area contributed by atoms with E-state index in [-0.39, 0.29) is 11.5 Å². The first-order valence-electron chi connectivity index (χ1n) is 7.34. The van der Waals surface area contributed by atoms with Gasteiger partial charge in [0.15, 0.2) is 5.16 Å². The Balaban J connectivity index is 1.64. The molecule has 0 radical (unpaired) electrons. The fourth-order valence-electron chi connectivity index (χ4n) is 2.68. The highest BCUT2D eigenvalue weighted by Crippen LogP contribution is 2.19. The van der Waals surface area contributed by atoms with Crippen LogP contribution in [-0.4, -0.2) is 52.8 Å². The first kappa shape index (κ1) is 14.6. The lowest BCUT2D eigenvalue weighted by molar-refractivity contribution is -0.132. The maximum atomic E-state index is 12.1. The highest BCUT2D eigenvalue weighted by molar-refractivity contribution is 7.99. The maximum Gasteiger partial charge on any atom is 0.254 e. The smallest absolute Gasteiger partial charge is 0.254 e. The second-order valence-electron chi connectivity index (χ2n) is 5.29. The minimum atomic E-state index is -0.0407. The highest BCUT2D eigenvalue weighted by atomic mass is 32.2. The number of hydrogen-bond acceptors (Lipinski definition) is 5. The van der Waals surface area contributed by atoms with Crippen molar-refractivity contribution in [2.45, 2.75) is 30.8 Å². The van der Waals surface area contributed by atoms with Crippen LogP contribution in [0.2, 0.25) is 0 Å². The van der Waals surface area contributed by atoms with Gasteiger partial charge in [0.1, 0.15) is 0 Å². The van der Waals surface area contributed by atoms with Crippen LogP contribution in [0.15, 0.2) is 9.95 Å². The van der Waals surface area contributed by atoms with E-state index in [0.29, 0.717) is 37.2 Å². The molecule has 6 nitrogen and oxygen atoms in total. The topological polar surface area (TPSA) is 75.3 Å². The molecule has 3 rings (SSSR count). The number of amides is 1. The number of H-pyrrole nitrogens is 1. The van der Waals surface area contributed by atoms with Crippen LogP contribution in [0.4, 0.5) is 0 Å². The Morgan fingerprint density at radius 2 is 2.05 bits per heavy atom. The summed E-state index contributed by atoms with van der Waals surface area (Å²) in [6, 6.07) is 0. The van der Waals surface area contributed by atoms with Gasteiger partial charge in [-0.15, -0.1) is 0 Å². The number of aromatic nitrogens is 2. The molecule has 1 N–H and O–H groups in total. The molecule has 0 aromatic carbocycles. The van der Waals surface area contributed by atoms with E-state index in [1.807, 2.05) is 0 Å². The van der Waals surface area contributed by atoms with E-state index < -0.39 is 0 Å². The molecule has 2 heterocycles. The van der Waals surface area contributed by atoms with E-state index in [2.05, 4.69) is 9.97 Å². The van der Waals surface area contributed by atoms with Crippen LogP contribution < -0.4 is 5.56 Å². The summed E-state index contributed by atoms with van der Waals surface area (Å²) in [5.74, 6) is 0.380. The predicted octanol–water partition coefficient (Wildman–Crippen LogP) is 0.600. The average molecular weight is 309 g/mol. The van der Waals surface area contributed by atoms with E-state index in [4.69, 9.17) is 4.74 Å². The molecule has 1 saturated heterocycles. The summed E-state index contributed by atoms with van der Waals surface area (Å²) >= 11 is 1.31. The molecule has 0 atom stereocenters. The van der Waals surface area contributed by atoms with E-state index in [0.717, 1.165) is 36.9 Å². The van der Waals surface area contributed by atoms with E-state index in [9.17, 15) is 9.59 Å². The van der Waals surface area contributed by atoms with Gasteiger partial charge in [-0.2, -0.15) is 0 Å². The van der Waals surface area contributed by atoms with Gasteiger partial charge in [0.2, 0.25) is 5.91 Å². The number of carbonyl (C=O) groups is 1. The molecule has 21 heavy (non-hydrogen) atoms. The SMILES string of the molecule is O=C(CSc1nc2c(c(=O)[nH]1)CCCC2)N1CCOCC1. The van der Waals surface area contributed by atoms with Gasteiger partial charge in [-0.3, -0.25) is 9.59 Å². The molecule has 1 aromatic heterocycles. The lowest BCUT2D eigenvalue weighted by Crippen LogP contribution is -2.41. The number of nitrogens with zero attached hydrogens (tertiary/aromatic N) is 2. The van der Waals surface area contributed by atoms with Gasteiger partial charge in [-0.25, -0.2) is 4.98 Å². The number of aryl methyl sites for hydroxylation is 1. The highest BCUT2D eigenvalue weighted by Gasteiger charge is 2.19. The number of fused-ring (bicyclic) bond motifs is 1. The zero-order valence-electron chi connectivity index (χ0n) is 11.9. The van der Waals surface area contributed by atoms with Crippen LogP contribution >= 0.6 is 11.8 Å². The molecule has 1 aliphatic heterocycles. The summed E-state index contributed by atoms with van der Waals surface area (Å²) in [6.07, 6.45) is 3.82. The summed E-state index contributed by atoms with van der Waals surface area (Å²) in [4.78, 5) is 33.2. The van der Waals surface area contributed by atoms with Crippen molar-refractivity contribution in [1.82, 2.24) is 14.9 Å². The normalized spacial score (nSPS) is 18.4. The van der Waals surface area contributed by atoms with E-state index >= 15 is 0 Å². The Kier molecular flexibility index (Phi) is 4.60. The molecule has 2 aliphatic rings. The number of rotatable bonds is 3. The summed E-state index contributed by atoms with van der Waals surface area (Å²) in [5.41, 5.74) is 1.69. The van der Waals surface area contributed by atoms with Gasteiger partial charge in [0.05, 0.1) is 24.7 Å². The van der Waals surface area contributed by atoms with Crippen molar-refractivity contribution in [2.75, 3.05) is 32.1 Å². The number of morpholine rings is 1. The molecule has 0 unspecified atom stereocenters. The Morgan fingerprint density at radius 1 is 1.29 bits per heavy atom. The van der Waals surface area contributed by atoms with E-state index in [1.165, 1.54) is 11.8 Å². The maximum absolute atomic E-state index is 12.1. The van der Waals surface area contributed by atoms with Gasteiger partial charge in [-0.1, -0.05) is 11.8 Å². The second kappa shape index (κ2) is 6.62. The number of nitrogens with one attached hydrogen (secondary N) is 1. The second-order valence-corrected chi connectivity index (χ2v) is 6.25. The molecular formula is C14H19N3O3S. The molecule has 0 saturated carbocycles. The number of ether oxygens (including phenoxy) is 1. The fourth-order valence-corrected chi connectivity index (χ4v) is 3.47. The Labute approximate surface area is 127 Å². The lowest BCUT2D eigenvalue weighted by Gasteiger charge is -2.26. The number of hydrogen-bond donors (Lipinski definition) is 1. The predicted molar refractivity (Wildman–Crippen MR) is 79.6 cm³/mol. The van der Waals surface area contributed by atoms with Crippen molar-refractivity contribution in [3.8, 4) is 0 Å². The van der Waals surface area contributed by atoms with E-state index in [1.54, 1.807) is 4.90 Å². The third-order valence-corrected chi connectivity index (χ3v) is 4.72. The minimum Gasteiger partial charge on any atom is -0.378 e. The van der Waals surface area contributed by atoms with Crippen molar-refractivity contribution in [3.63, 3.8) is 0 Å². The van der Waals surface area contributed by atoms with Gasteiger partial charge < -0.3 is 14.6 Å². The van der Waals surface area contributed by atoms with Gasteiger partial charge in [-0.05, 0) is 25.7 Å². The quantitative estimate of drug-likeness (QED) is 0.654. The minimum absolute atomic E-state index is 0.0407. The summed E-state index contributed by atoms with van der Waals surface area (Å²) in [7, 11) is 0. The zero-order chi connectivity index (χ0) is 14.7. The monoisotopic (exact) mass is 309 g/mol. The van der Waals surface area contributed by atoms with Crippen molar-refractivity contribution in [1.29, 1.82) is 0 Å². The van der Waals surface area contributed by atoms with Crippen molar-refractivity contribution in [2.24, 2.45) is 0 Å². The van der Waals surface area contributed by atoms with Crippen LogP contribution in [0.5, 0.6) is 0 Å². The first-order chi connectivity index (χ1) is 10.2. The Morgan fingerprint density at radius 3 is 2.86 bits per heavy atom. The summed E-state index contributed by atoms with van der Waals surface area (Å²) in [5, 5.41) is 0.558. The number of aromatic amines is 1. The molecule has 114 valence electrons. The van der Waals surface area contributed by atoms with Crippen LogP contribution in [0.25, 0.3) is 0 Å².